The first-order valence-electron chi connectivity index (χ1n) is 9.08. The molecule has 0 bridgehead atoms. The van der Waals surface area contributed by atoms with E-state index < -0.39 is 32.7 Å². The Morgan fingerprint density at radius 2 is 1.72 bits per heavy atom. The average molecular weight is 463 g/mol. The molecule has 7 nitrogen and oxygen atoms in total. The lowest BCUT2D eigenvalue weighted by molar-refractivity contribution is -0.137. The zero-order valence-corrected chi connectivity index (χ0v) is 17.1. The van der Waals surface area contributed by atoms with Crippen LogP contribution >= 0.6 is 0 Å². The highest BCUT2D eigenvalue weighted by atomic mass is 32.2. The van der Waals surface area contributed by atoms with Crippen molar-refractivity contribution in [1.29, 1.82) is 0 Å². The number of nitrogens with one attached hydrogen (secondary N) is 1. The molecule has 0 saturated heterocycles. The van der Waals surface area contributed by atoms with E-state index in [2.05, 4.69) is 15.5 Å². The number of carbonyl (C=O) groups is 1. The molecule has 0 spiro atoms. The van der Waals surface area contributed by atoms with Gasteiger partial charge in [-0.05, 0) is 48.5 Å². The average Bonchev–Trinajstić information content (AvgIpc) is 2.75. The first kappa shape index (κ1) is 22.9. The Kier molecular flexibility index (Phi) is 6.89. The summed E-state index contributed by atoms with van der Waals surface area (Å²) in [4.78, 5) is 15.5. The van der Waals surface area contributed by atoms with E-state index in [1.165, 1.54) is 24.4 Å². The summed E-state index contributed by atoms with van der Waals surface area (Å²) in [6, 6.07) is 14.0. The summed E-state index contributed by atoms with van der Waals surface area (Å²) in [6.07, 6.45) is -1.85. The molecule has 0 aliphatic rings. The smallest absolute Gasteiger partial charge is 0.378 e. The summed E-state index contributed by atoms with van der Waals surface area (Å²) in [6.45, 7) is 0. The number of aromatic nitrogens is 1. The third kappa shape index (κ3) is 6.14. The summed E-state index contributed by atoms with van der Waals surface area (Å²) in [5.41, 5.74) is 2.09. The van der Waals surface area contributed by atoms with E-state index in [0.717, 1.165) is 12.1 Å². The van der Waals surface area contributed by atoms with Crippen LogP contribution in [0.4, 0.5) is 13.2 Å². The van der Waals surface area contributed by atoms with Crippen molar-refractivity contribution in [2.24, 2.45) is 5.10 Å². The minimum atomic E-state index is -4.59. The summed E-state index contributed by atoms with van der Waals surface area (Å²) in [7, 11) is -4.40. The topological polar surface area (TPSA) is 97.7 Å². The monoisotopic (exact) mass is 463 g/mol. The number of hydrazone groups is 1. The number of pyridine rings is 1. The van der Waals surface area contributed by atoms with E-state index in [1.54, 1.807) is 30.5 Å². The van der Waals surface area contributed by atoms with Gasteiger partial charge >= 0.3 is 16.3 Å². The molecule has 0 atom stereocenters. The predicted octanol–water partition coefficient (Wildman–Crippen LogP) is 3.56. The second-order valence-corrected chi connectivity index (χ2v) is 7.93. The van der Waals surface area contributed by atoms with Crippen LogP contribution in [0.1, 0.15) is 16.8 Å². The number of halogens is 3. The Hall–Kier alpha value is -3.73. The minimum absolute atomic E-state index is 0.00136. The molecule has 1 aromatic heterocycles. The normalized spacial score (nSPS) is 12.0. The van der Waals surface area contributed by atoms with Crippen LogP contribution in [0.5, 0.6) is 5.75 Å². The highest BCUT2D eigenvalue weighted by Gasteiger charge is 2.31. The zero-order chi connectivity index (χ0) is 23.2. The van der Waals surface area contributed by atoms with Gasteiger partial charge in [0.2, 0.25) is 5.91 Å². The maximum Gasteiger partial charge on any atom is 0.416 e. The Morgan fingerprint density at radius 3 is 2.38 bits per heavy atom. The molecule has 3 rings (SSSR count). The van der Waals surface area contributed by atoms with E-state index >= 15 is 0 Å². The van der Waals surface area contributed by atoms with Gasteiger partial charge in [-0.3, -0.25) is 9.78 Å². The van der Waals surface area contributed by atoms with Crippen molar-refractivity contribution in [1.82, 2.24) is 10.4 Å². The largest absolute Gasteiger partial charge is 0.416 e. The highest BCUT2D eigenvalue weighted by molar-refractivity contribution is 7.87. The quantitative estimate of drug-likeness (QED) is 0.328. The molecule has 0 radical (unpaired) electrons. The van der Waals surface area contributed by atoms with Gasteiger partial charge < -0.3 is 4.18 Å². The lowest BCUT2D eigenvalue weighted by atomic mass is 10.2. The highest BCUT2D eigenvalue weighted by Crippen LogP contribution is 2.30. The van der Waals surface area contributed by atoms with Gasteiger partial charge in [-0.25, -0.2) is 5.43 Å². The Labute approximate surface area is 181 Å². The Balaban J connectivity index is 1.70. The standard InChI is InChI=1S/C21H16F3N3O4S/c22-21(23,24)16-8-10-18(11-9-16)32(29,30)31-19-7-2-1-5-15(19)14-26-27-20(28)13-17-6-3-4-12-25-17/h1-12,14H,13H2,(H,27,28). The van der Waals surface area contributed by atoms with Crippen molar-refractivity contribution in [3.05, 3.63) is 89.7 Å². The summed E-state index contributed by atoms with van der Waals surface area (Å²) in [5, 5.41) is 3.79. The molecule has 32 heavy (non-hydrogen) atoms. The summed E-state index contributed by atoms with van der Waals surface area (Å²) >= 11 is 0. The Morgan fingerprint density at radius 1 is 1.03 bits per heavy atom. The minimum Gasteiger partial charge on any atom is -0.378 e. The van der Waals surface area contributed by atoms with Crippen molar-refractivity contribution in [2.75, 3.05) is 0 Å². The van der Waals surface area contributed by atoms with Crippen LogP contribution in [0.2, 0.25) is 0 Å². The fourth-order valence-electron chi connectivity index (χ4n) is 2.52. The van der Waals surface area contributed by atoms with Gasteiger partial charge in [-0.2, -0.15) is 26.7 Å². The van der Waals surface area contributed by atoms with Gasteiger partial charge in [-0.15, -0.1) is 0 Å². The molecule has 2 aromatic carbocycles. The van der Waals surface area contributed by atoms with Crippen LogP contribution in [0.25, 0.3) is 0 Å². The van der Waals surface area contributed by atoms with Crippen LogP contribution in [0.3, 0.4) is 0 Å². The van der Waals surface area contributed by atoms with Crippen molar-refractivity contribution < 1.29 is 30.6 Å². The number of para-hydroxylation sites is 1. The number of hydrogen-bond acceptors (Lipinski definition) is 6. The van der Waals surface area contributed by atoms with Crippen LogP contribution in [0.15, 0.2) is 82.9 Å². The fraction of sp³-hybridized carbons (Fsp3) is 0.0952. The van der Waals surface area contributed by atoms with Gasteiger partial charge in [-0.1, -0.05) is 18.2 Å². The van der Waals surface area contributed by atoms with Gasteiger partial charge in [0.25, 0.3) is 0 Å². The third-order valence-corrected chi connectivity index (χ3v) is 5.30. The van der Waals surface area contributed by atoms with Gasteiger partial charge in [0.1, 0.15) is 4.90 Å². The number of rotatable bonds is 7. The molecule has 1 heterocycles. The predicted molar refractivity (Wildman–Crippen MR) is 109 cm³/mol. The van der Waals surface area contributed by atoms with E-state index in [-0.39, 0.29) is 17.7 Å². The van der Waals surface area contributed by atoms with E-state index in [4.69, 9.17) is 4.18 Å². The van der Waals surface area contributed by atoms with Crippen LogP contribution in [-0.2, 0) is 27.5 Å². The van der Waals surface area contributed by atoms with Crippen LogP contribution < -0.4 is 9.61 Å². The Bertz CT molecular complexity index is 1210. The van der Waals surface area contributed by atoms with Crippen molar-refractivity contribution in [3.63, 3.8) is 0 Å². The second kappa shape index (κ2) is 9.60. The second-order valence-electron chi connectivity index (χ2n) is 6.39. The first-order valence-corrected chi connectivity index (χ1v) is 10.5. The van der Waals surface area contributed by atoms with Gasteiger partial charge in [0, 0.05) is 17.5 Å². The van der Waals surface area contributed by atoms with Crippen molar-refractivity contribution >= 4 is 22.2 Å². The fourth-order valence-corrected chi connectivity index (χ4v) is 3.47. The third-order valence-electron chi connectivity index (χ3n) is 4.05. The molecule has 0 unspecified atom stereocenters. The van der Waals surface area contributed by atoms with E-state index in [9.17, 15) is 26.4 Å². The lowest BCUT2D eigenvalue weighted by Gasteiger charge is -2.11. The molecule has 3 aromatic rings. The molecule has 1 amide bonds. The molecule has 0 fully saturated rings. The first-order chi connectivity index (χ1) is 15.1. The molecule has 1 N–H and O–H groups in total. The molecular formula is C21H16F3N3O4S. The zero-order valence-electron chi connectivity index (χ0n) is 16.3. The van der Waals surface area contributed by atoms with Crippen molar-refractivity contribution in [3.8, 4) is 5.75 Å². The number of hydrogen-bond donors (Lipinski definition) is 1. The van der Waals surface area contributed by atoms with E-state index in [1.807, 2.05) is 0 Å². The molecule has 11 heteroatoms. The number of amides is 1. The maximum absolute atomic E-state index is 12.7. The molecule has 0 aliphatic heterocycles. The molecule has 0 saturated carbocycles. The number of benzene rings is 2. The molecule has 0 aliphatic carbocycles. The molecule has 166 valence electrons. The van der Waals surface area contributed by atoms with Gasteiger partial charge in [0.05, 0.1) is 18.2 Å². The summed E-state index contributed by atoms with van der Waals surface area (Å²) < 4.78 is 68.1. The van der Waals surface area contributed by atoms with E-state index in [0.29, 0.717) is 17.8 Å². The number of alkyl halides is 3. The number of carbonyl (C=O) groups excluding carboxylic acids is 1. The van der Waals surface area contributed by atoms with Gasteiger partial charge in [0.15, 0.2) is 5.75 Å². The number of nitrogens with zero attached hydrogens (tertiary/aromatic N) is 2. The maximum atomic E-state index is 12.7. The SMILES string of the molecule is O=C(Cc1ccccn1)NN=Cc1ccccc1OS(=O)(=O)c1ccc(C(F)(F)F)cc1. The van der Waals surface area contributed by atoms with Crippen molar-refractivity contribution in [2.45, 2.75) is 17.5 Å². The summed E-state index contributed by atoms with van der Waals surface area (Å²) in [5.74, 6) is -0.550. The lowest BCUT2D eigenvalue weighted by Crippen LogP contribution is -2.20. The van der Waals surface area contributed by atoms with Crippen LogP contribution in [0, 0.1) is 0 Å². The van der Waals surface area contributed by atoms with Crippen LogP contribution in [-0.4, -0.2) is 25.5 Å². The molecular weight excluding hydrogens is 447 g/mol.